The number of nitrogens with zero attached hydrogens (tertiary/aromatic N) is 1. The van der Waals surface area contributed by atoms with Crippen LogP contribution < -0.4 is 5.32 Å². The van der Waals surface area contributed by atoms with Crippen LogP contribution in [0.5, 0.6) is 0 Å². The van der Waals surface area contributed by atoms with Crippen LogP contribution in [-0.2, 0) is 43.7 Å². The van der Waals surface area contributed by atoms with Gasteiger partial charge in [-0.05, 0) is 13.3 Å². The van der Waals surface area contributed by atoms with Crippen LogP contribution in [-0.4, -0.2) is 81.0 Å². The van der Waals surface area contributed by atoms with Crippen LogP contribution >= 0.6 is 39.7 Å². The van der Waals surface area contributed by atoms with Crippen LogP contribution in [0.25, 0.3) is 0 Å². The number of likely N-dealkylation sites (N-methyl/N-ethyl adjacent to an activating group) is 1. The van der Waals surface area contributed by atoms with E-state index in [9.17, 15) is 9.59 Å². The fourth-order valence-corrected chi connectivity index (χ4v) is 7.74. The van der Waals surface area contributed by atoms with E-state index in [-0.39, 0.29) is 11.9 Å². The van der Waals surface area contributed by atoms with Crippen molar-refractivity contribution in [3.05, 3.63) is 0 Å². The SMILES string of the molecule is CNCCN(CCC(=O)OCCSSC)CCC(=O)OCCS[S][Hg]. The number of hydrogen-bond acceptors (Lipinski definition) is 10. The summed E-state index contributed by atoms with van der Waals surface area (Å²) in [5.74, 6) is 1.30. The average molecular weight is 616 g/mol. The third-order valence-corrected chi connectivity index (χ3v) is 12.1. The van der Waals surface area contributed by atoms with Gasteiger partial charge in [-0.1, -0.05) is 21.6 Å². The molecule has 0 aliphatic rings. The van der Waals surface area contributed by atoms with Crippen molar-refractivity contribution in [3.8, 4) is 0 Å². The molecule has 0 bridgehead atoms. The summed E-state index contributed by atoms with van der Waals surface area (Å²) in [4.78, 5) is 25.6. The Hall–Kier alpha value is 1.20. The number of hydrogen-bond donors (Lipinski definition) is 1. The van der Waals surface area contributed by atoms with Crippen LogP contribution in [0.2, 0.25) is 0 Å². The van der Waals surface area contributed by atoms with Crippen LogP contribution in [0.15, 0.2) is 0 Å². The Balaban J connectivity index is 3.97. The molecule has 143 valence electrons. The fraction of sp³-hybridized carbons (Fsp3) is 0.857. The molecule has 0 amide bonds. The van der Waals surface area contributed by atoms with Gasteiger partial charge in [0.15, 0.2) is 0 Å². The average Bonchev–Trinajstić information content (AvgIpc) is 2.61. The Labute approximate surface area is 181 Å². The Morgan fingerprint density at radius 3 is 2.04 bits per heavy atom. The number of nitrogens with one attached hydrogen (secondary N) is 1. The molecule has 0 aromatic heterocycles. The summed E-state index contributed by atoms with van der Waals surface area (Å²) in [6.07, 6.45) is 2.70. The molecule has 0 radical (unpaired) electrons. The molecule has 0 rings (SSSR count). The third kappa shape index (κ3) is 18.3. The topological polar surface area (TPSA) is 67.9 Å². The molecule has 11 heteroatoms. The van der Waals surface area contributed by atoms with Gasteiger partial charge in [0.25, 0.3) is 0 Å². The summed E-state index contributed by atoms with van der Waals surface area (Å²) in [5.41, 5.74) is 0. The van der Waals surface area contributed by atoms with Crippen molar-refractivity contribution >= 4 is 51.6 Å². The molecule has 0 unspecified atom stereocenters. The van der Waals surface area contributed by atoms with Gasteiger partial charge in [0.2, 0.25) is 0 Å². The van der Waals surface area contributed by atoms with Crippen molar-refractivity contribution in [1.82, 2.24) is 10.2 Å². The first kappa shape index (κ1) is 26.2. The zero-order valence-electron chi connectivity index (χ0n) is 15.0. The van der Waals surface area contributed by atoms with Gasteiger partial charge in [-0.25, -0.2) is 0 Å². The number of carbonyl (C=O) groups is 2. The van der Waals surface area contributed by atoms with Gasteiger partial charge in [-0.3, -0.25) is 4.79 Å². The normalized spacial score (nSPS) is 10.9. The van der Waals surface area contributed by atoms with Crippen LogP contribution in [0.1, 0.15) is 12.8 Å². The molecular formula is C14H27HgN2O4S4. The molecule has 0 aromatic carbocycles. The van der Waals surface area contributed by atoms with E-state index in [2.05, 4.69) is 10.2 Å². The summed E-state index contributed by atoms with van der Waals surface area (Å²) in [6, 6.07) is 0. The van der Waals surface area contributed by atoms with E-state index in [1.807, 2.05) is 20.6 Å². The van der Waals surface area contributed by atoms with E-state index < -0.39 is 0 Å². The monoisotopic (exact) mass is 617 g/mol. The number of rotatable bonds is 17. The first-order valence-corrected chi connectivity index (χ1v) is 20.0. The number of ether oxygens (including phenoxy) is 2. The van der Waals surface area contributed by atoms with Crippen LogP contribution in [0, 0.1) is 0 Å². The minimum atomic E-state index is -0.183. The maximum absolute atomic E-state index is 11.8. The second-order valence-corrected chi connectivity index (χ2v) is 18.0. The quantitative estimate of drug-likeness (QED) is 0.114. The molecule has 1 N–H and O–H groups in total. The first-order chi connectivity index (χ1) is 12.1. The van der Waals surface area contributed by atoms with E-state index in [4.69, 9.17) is 9.47 Å². The van der Waals surface area contributed by atoms with E-state index in [1.54, 1.807) is 32.4 Å². The summed E-state index contributed by atoms with van der Waals surface area (Å²) in [6.45, 7) is 3.72. The summed E-state index contributed by atoms with van der Waals surface area (Å²) < 4.78 is 10.4. The molecule has 0 saturated carbocycles. The van der Waals surface area contributed by atoms with E-state index in [0.29, 0.717) is 39.1 Å². The fourth-order valence-electron chi connectivity index (χ4n) is 1.77. The Morgan fingerprint density at radius 1 is 1.00 bits per heavy atom. The number of esters is 2. The minimum absolute atomic E-state index is 0.171. The Morgan fingerprint density at radius 2 is 1.56 bits per heavy atom. The first-order valence-electron chi connectivity index (χ1n) is 8.01. The predicted molar refractivity (Wildman–Crippen MR) is 108 cm³/mol. The molecule has 0 heterocycles. The molecule has 0 aliphatic carbocycles. The van der Waals surface area contributed by atoms with Crippen molar-refractivity contribution in [2.24, 2.45) is 0 Å². The standard InChI is InChI=1S/C14H28N2O4S4.Hg/c1-15-5-8-16(6-3-13(17)19-9-11-23-21)7-4-14(18)20-10-12-24-22-2;/h15,21H,3-12H2,1-2H3;/q;+1/p-1. The van der Waals surface area contributed by atoms with Crippen molar-refractivity contribution in [2.45, 2.75) is 12.8 Å². The molecule has 0 spiro atoms. The van der Waals surface area contributed by atoms with Gasteiger partial charge >= 0.3 is 126 Å². The molecule has 0 atom stereocenters. The maximum atomic E-state index is 11.8. The predicted octanol–water partition coefficient (Wildman–Crippen LogP) is 2.23. The summed E-state index contributed by atoms with van der Waals surface area (Å²) >= 11 is 0.723. The molecule has 0 aliphatic heterocycles. The van der Waals surface area contributed by atoms with Gasteiger partial charge in [0.1, 0.15) is 6.61 Å². The molecule has 0 saturated heterocycles. The molecule has 25 heavy (non-hydrogen) atoms. The van der Waals surface area contributed by atoms with Crippen molar-refractivity contribution in [3.63, 3.8) is 0 Å². The molecular weight excluding hydrogens is 589 g/mol. The Bertz CT molecular complexity index is 329. The second kappa shape index (κ2) is 19.9. The molecule has 0 fully saturated rings. The van der Waals surface area contributed by atoms with E-state index >= 15 is 0 Å². The van der Waals surface area contributed by atoms with E-state index in [0.717, 1.165) is 49.2 Å². The molecule has 6 nitrogen and oxygen atoms in total. The van der Waals surface area contributed by atoms with E-state index in [1.165, 1.54) is 0 Å². The zero-order valence-corrected chi connectivity index (χ0v) is 23.8. The van der Waals surface area contributed by atoms with Gasteiger partial charge < -0.3 is 4.74 Å². The van der Waals surface area contributed by atoms with Crippen molar-refractivity contribution in [2.75, 3.05) is 64.2 Å². The van der Waals surface area contributed by atoms with Crippen molar-refractivity contribution < 1.29 is 43.7 Å². The zero-order chi connectivity index (χ0) is 18.8. The van der Waals surface area contributed by atoms with Crippen molar-refractivity contribution in [1.29, 1.82) is 0 Å². The summed E-state index contributed by atoms with van der Waals surface area (Å²) in [7, 11) is 8.84. The van der Waals surface area contributed by atoms with Gasteiger partial charge in [-0.15, -0.1) is 0 Å². The third-order valence-electron chi connectivity index (χ3n) is 3.00. The van der Waals surface area contributed by atoms with Gasteiger partial charge in [0, 0.05) is 5.75 Å². The van der Waals surface area contributed by atoms with Crippen LogP contribution in [0.4, 0.5) is 0 Å². The molecule has 0 aromatic rings. The summed E-state index contributed by atoms with van der Waals surface area (Å²) in [5, 5.41) is 3.09. The Kier molecular flexibility index (Phi) is 20.9. The number of carbonyl (C=O) groups excluding carboxylic acids is 2. The van der Waals surface area contributed by atoms with Gasteiger partial charge in [-0.2, -0.15) is 0 Å². The second-order valence-electron chi connectivity index (χ2n) is 4.81. The van der Waals surface area contributed by atoms with Gasteiger partial charge in [0.05, 0.1) is 0 Å². The van der Waals surface area contributed by atoms with Crippen LogP contribution in [0.3, 0.4) is 0 Å².